The Morgan fingerprint density at radius 3 is 2.20 bits per heavy atom. The molecule has 0 radical (unpaired) electrons. The third-order valence-electron chi connectivity index (χ3n) is 3.10. The van der Waals surface area contributed by atoms with E-state index in [2.05, 4.69) is 5.32 Å². The molecule has 0 saturated heterocycles. The first-order valence-corrected chi connectivity index (χ1v) is 6.34. The molecule has 0 heterocycles. The topological polar surface area (TPSA) is 30.5 Å². The van der Waals surface area contributed by atoms with Gasteiger partial charge in [0, 0.05) is 12.6 Å². The van der Waals surface area contributed by atoms with Crippen molar-refractivity contribution >= 4 is 0 Å². The molecule has 0 bridgehead atoms. The fraction of sp³-hybridized carbons (Fsp3) is 0.250. The molecule has 0 saturated carbocycles. The highest BCUT2D eigenvalue weighted by Crippen LogP contribution is 2.32. The van der Waals surface area contributed by atoms with E-state index in [1.807, 2.05) is 19.2 Å². The molecule has 0 aliphatic carbocycles. The highest BCUT2D eigenvalue weighted by atomic mass is 19.1. The van der Waals surface area contributed by atoms with E-state index in [0.717, 1.165) is 16.7 Å². The number of halogens is 1. The second-order valence-electron chi connectivity index (χ2n) is 4.43. The van der Waals surface area contributed by atoms with Crippen molar-refractivity contribution in [1.82, 2.24) is 5.32 Å². The predicted octanol–water partition coefficient (Wildman–Crippen LogP) is 3.23. The number of ether oxygens (including phenoxy) is 2. The van der Waals surface area contributed by atoms with E-state index in [0.29, 0.717) is 18.0 Å². The number of benzene rings is 2. The molecule has 3 nitrogen and oxygen atoms in total. The third kappa shape index (κ3) is 3.08. The Kier molecular flexibility index (Phi) is 4.58. The summed E-state index contributed by atoms with van der Waals surface area (Å²) >= 11 is 0. The Balaban J connectivity index is 2.57. The zero-order valence-corrected chi connectivity index (χ0v) is 11.9. The summed E-state index contributed by atoms with van der Waals surface area (Å²) in [6, 6.07) is 10.3. The van der Waals surface area contributed by atoms with Crippen molar-refractivity contribution in [2.24, 2.45) is 0 Å². The zero-order valence-electron chi connectivity index (χ0n) is 11.9. The van der Waals surface area contributed by atoms with Crippen molar-refractivity contribution in [1.29, 1.82) is 0 Å². The van der Waals surface area contributed by atoms with Crippen molar-refractivity contribution < 1.29 is 13.9 Å². The molecule has 0 atom stereocenters. The predicted molar refractivity (Wildman–Crippen MR) is 77.7 cm³/mol. The van der Waals surface area contributed by atoms with Gasteiger partial charge in [0.25, 0.3) is 0 Å². The molecule has 0 aromatic heterocycles. The first kappa shape index (κ1) is 14.3. The van der Waals surface area contributed by atoms with Crippen LogP contribution in [0.2, 0.25) is 0 Å². The molecule has 106 valence electrons. The summed E-state index contributed by atoms with van der Waals surface area (Å²) in [6.45, 7) is 0.662. The van der Waals surface area contributed by atoms with Gasteiger partial charge in [-0.15, -0.1) is 0 Å². The van der Waals surface area contributed by atoms with Gasteiger partial charge < -0.3 is 14.8 Å². The van der Waals surface area contributed by atoms with E-state index in [1.54, 1.807) is 26.4 Å². The number of hydrogen-bond acceptors (Lipinski definition) is 3. The number of nitrogens with one attached hydrogen (secondary N) is 1. The molecule has 4 heteroatoms. The van der Waals surface area contributed by atoms with Crippen molar-refractivity contribution in [3.05, 3.63) is 47.8 Å². The second-order valence-corrected chi connectivity index (χ2v) is 4.43. The number of rotatable bonds is 5. The Morgan fingerprint density at radius 2 is 1.65 bits per heavy atom. The minimum Gasteiger partial charge on any atom is -0.497 e. The zero-order chi connectivity index (χ0) is 14.5. The van der Waals surface area contributed by atoms with Gasteiger partial charge in [0.1, 0.15) is 17.3 Å². The summed E-state index contributed by atoms with van der Waals surface area (Å²) in [4.78, 5) is 0. The van der Waals surface area contributed by atoms with Crippen molar-refractivity contribution in [2.45, 2.75) is 6.54 Å². The SMILES string of the molecule is CNCc1ccc(F)cc1-c1cc(OC)cc(OC)c1. The summed E-state index contributed by atoms with van der Waals surface area (Å²) in [5, 5.41) is 3.09. The van der Waals surface area contributed by atoms with Gasteiger partial charge in [-0.1, -0.05) is 6.07 Å². The normalized spacial score (nSPS) is 10.4. The van der Waals surface area contributed by atoms with Crippen LogP contribution in [-0.2, 0) is 6.54 Å². The van der Waals surface area contributed by atoms with E-state index in [1.165, 1.54) is 12.1 Å². The van der Waals surface area contributed by atoms with Crippen LogP contribution in [0.4, 0.5) is 4.39 Å². The molecule has 2 aromatic carbocycles. The minimum absolute atomic E-state index is 0.262. The highest BCUT2D eigenvalue weighted by molar-refractivity contribution is 5.70. The number of methoxy groups -OCH3 is 2. The van der Waals surface area contributed by atoms with Crippen LogP contribution >= 0.6 is 0 Å². The van der Waals surface area contributed by atoms with E-state index in [4.69, 9.17) is 9.47 Å². The molecule has 20 heavy (non-hydrogen) atoms. The summed E-state index contributed by atoms with van der Waals surface area (Å²) in [5.41, 5.74) is 2.71. The molecule has 2 rings (SSSR count). The van der Waals surface area contributed by atoms with E-state index < -0.39 is 0 Å². The average molecular weight is 275 g/mol. The summed E-state index contributed by atoms with van der Waals surface area (Å²) in [5.74, 6) is 1.10. The van der Waals surface area contributed by atoms with Crippen LogP contribution in [0.5, 0.6) is 11.5 Å². The van der Waals surface area contributed by atoms with Crippen LogP contribution in [-0.4, -0.2) is 21.3 Å². The largest absolute Gasteiger partial charge is 0.497 e. The van der Waals surface area contributed by atoms with Crippen LogP contribution in [0, 0.1) is 5.82 Å². The molecule has 2 aromatic rings. The fourth-order valence-electron chi connectivity index (χ4n) is 2.12. The van der Waals surface area contributed by atoms with Crippen LogP contribution in [0.3, 0.4) is 0 Å². The molecule has 0 aliphatic rings. The minimum atomic E-state index is -0.262. The molecular formula is C16H18FNO2. The Hall–Kier alpha value is -2.07. The van der Waals surface area contributed by atoms with Crippen LogP contribution in [0.1, 0.15) is 5.56 Å². The van der Waals surface area contributed by atoms with E-state index in [-0.39, 0.29) is 5.82 Å². The van der Waals surface area contributed by atoms with E-state index in [9.17, 15) is 4.39 Å². The molecule has 1 N–H and O–H groups in total. The molecular weight excluding hydrogens is 257 g/mol. The summed E-state index contributed by atoms with van der Waals surface area (Å²) in [6.07, 6.45) is 0. The second kappa shape index (κ2) is 6.39. The van der Waals surface area contributed by atoms with Crippen LogP contribution < -0.4 is 14.8 Å². The first-order valence-electron chi connectivity index (χ1n) is 6.34. The molecule has 0 spiro atoms. The van der Waals surface area contributed by atoms with Gasteiger partial charge in [0.2, 0.25) is 0 Å². The van der Waals surface area contributed by atoms with Crippen molar-refractivity contribution in [2.75, 3.05) is 21.3 Å². The smallest absolute Gasteiger partial charge is 0.123 e. The standard InChI is InChI=1S/C16H18FNO2/c1-18-10-11-4-5-13(17)8-16(11)12-6-14(19-2)9-15(7-12)20-3/h4-9,18H,10H2,1-3H3. The third-order valence-corrected chi connectivity index (χ3v) is 3.10. The monoisotopic (exact) mass is 275 g/mol. The molecule has 0 aliphatic heterocycles. The van der Waals surface area contributed by atoms with Crippen LogP contribution in [0.25, 0.3) is 11.1 Å². The number of hydrogen-bond donors (Lipinski definition) is 1. The van der Waals surface area contributed by atoms with Gasteiger partial charge in [-0.3, -0.25) is 0 Å². The van der Waals surface area contributed by atoms with Crippen molar-refractivity contribution in [3.8, 4) is 22.6 Å². The van der Waals surface area contributed by atoms with Gasteiger partial charge in [-0.25, -0.2) is 4.39 Å². The average Bonchev–Trinajstić information content (AvgIpc) is 2.48. The Morgan fingerprint density at radius 1 is 1.00 bits per heavy atom. The van der Waals surface area contributed by atoms with Gasteiger partial charge in [0.15, 0.2) is 0 Å². The lowest BCUT2D eigenvalue weighted by Gasteiger charge is -2.12. The van der Waals surface area contributed by atoms with Gasteiger partial charge in [0.05, 0.1) is 14.2 Å². The molecule has 0 fully saturated rings. The van der Waals surface area contributed by atoms with Crippen molar-refractivity contribution in [3.63, 3.8) is 0 Å². The Bertz CT molecular complexity index is 577. The highest BCUT2D eigenvalue weighted by Gasteiger charge is 2.09. The van der Waals surface area contributed by atoms with E-state index >= 15 is 0 Å². The first-order chi connectivity index (χ1) is 9.67. The maximum Gasteiger partial charge on any atom is 0.123 e. The van der Waals surface area contributed by atoms with Crippen LogP contribution in [0.15, 0.2) is 36.4 Å². The lowest BCUT2D eigenvalue weighted by molar-refractivity contribution is 0.394. The molecule has 0 unspecified atom stereocenters. The maximum absolute atomic E-state index is 13.6. The quantitative estimate of drug-likeness (QED) is 0.908. The van der Waals surface area contributed by atoms with Gasteiger partial charge in [-0.05, 0) is 48.0 Å². The fourth-order valence-corrected chi connectivity index (χ4v) is 2.12. The molecule has 0 amide bonds. The lowest BCUT2D eigenvalue weighted by Crippen LogP contribution is -2.06. The summed E-state index contributed by atoms with van der Waals surface area (Å²) in [7, 11) is 5.05. The Labute approximate surface area is 118 Å². The van der Waals surface area contributed by atoms with Gasteiger partial charge in [-0.2, -0.15) is 0 Å². The maximum atomic E-state index is 13.6. The lowest BCUT2D eigenvalue weighted by atomic mass is 9.99. The van der Waals surface area contributed by atoms with Gasteiger partial charge >= 0.3 is 0 Å². The summed E-state index contributed by atoms with van der Waals surface area (Å²) < 4.78 is 24.1.